The summed E-state index contributed by atoms with van der Waals surface area (Å²) in [7, 11) is 0. The van der Waals surface area contributed by atoms with E-state index in [1.54, 1.807) is 0 Å². The third-order valence-electron chi connectivity index (χ3n) is 6.56. The van der Waals surface area contributed by atoms with Crippen LogP contribution in [0.2, 0.25) is 0 Å². The molecule has 0 N–H and O–H groups in total. The van der Waals surface area contributed by atoms with Gasteiger partial charge in [0.2, 0.25) is 11.8 Å². The average molecular weight is 420 g/mol. The van der Waals surface area contributed by atoms with Crippen molar-refractivity contribution >= 4 is 5.91 Å². The minimum absolute atomic E-state index is 0.142. The number of rotatable bonds is 5. The summed E-state index contributed by atoms with van der Waals surface area (Å²) in [5, 5.41) is 8.38. The second-order valence-electron chi connectivity index (χ2n) is 8.51. The number of hydrogen-bond acceptors (Lipinski definition) is 5. The van der Waals surface area contributed by atoms with E-state index in [0.717, 1.165) is 43.5 Å². The minimum atomic E-state index is 0.142. The molecule has 2 aromatic heterocycles. The molecule has 1 aliphatic heterocycles. The molecule has 162 valence electrons. The Morgan fingerprint density at radius 3 is 2.42 bits per heavy atom. The van der Waals surface area contributed by atoms with Crippen LogP contribution in [0.15, 0.2) is 53.1 Å². The Morgan fingerprint density at radius 2 is 1.65 bits per heavy atom. The van der Waals surface area contributed by atoms with E-state index in [2.05, 4.69) is 15.1 Å². The van der Waals surface area contributed by atoms with E-state index in [0.29, 0.717) is 11.8 Å². The van der Waals surface area contributed by atoms with Gasteiger partial charge in [-0.25, -0.2) is 0 Å². The Bertz CT molecular complexity index is 998. The fraction of sp³-hybridized carbons (Fsp3) is 0.458. The molecule has 5 rings (SSSR count). The zero-order valence-electron chi connectivity index (χ0n) is 17.8. The van der Waals surface area contributed by atoms with Gasteiger partial charge in [-0.15, -0.1) is 10.2 Å². The Morgan fingerprint density at radius 1 is 0.903 bits per heavy atom. The third kappa shape index (κ3) is 4.42. The van der Waals surface area contributed by atoms with Crippen molar-refractivity contribution < 1.29 is 9.21 Å². The van der Waals surface area contributed by atoms with Gasteiger partial charge in [-0.1, -0.05) is 37.5 Å². The first-order valence-electron chi connectivity index (χ1n) is 11.3. The Balaban J connectivity index is 1.22. The Labute approximate surface area is 182 Å². The highest BCUT2D eigenvalue weighted by Gasteiger charge is 2.27. The number of piperazine rings is 1. The highest BCUT2D eigenvalue weighted by molar-refractivity contribution is 5.77. The van der Waals surface area contributed by atoms with Gasteiger partial charge < -0.3 is 13.9 Å². The molecule has 1 amide bonds. The number of carbonyl (C=O) groups excluding carboxylic acids is 1. The average Bonchev–Trinajstić information content (AvgIpc) is 3.50. The van der Waals surface area contributed by atoms with Crippen molar-refractivity contribution in [2.24, 2.45) is 0 Å². The molecular weight excluding hydrogens is 390 g/mol. The summed E-state index contributed by atoms with van der Waals surface area (Å²) in [5.74, 6) is 1.05. The number of nitrogens with zero attached hydrogens (tertiary/aromatic N) is 5. The second-order valence-corrected chi connectivity index (χ2v) is 8.51. The fourth-order valence-corrected chi connectivity index (χ4v) is 4.80. The van der Waals surface area contributed by atoms with Gasteiger partial charge >= 0.3 is 0 Å². The predicted molar refractivity (Wildman–Crippen MR) is 118 cm³/mol. The SMILES string of the molecule is O=C(Cn1cccc1-c1nnc(-c2ccccc2)o1)N1CCN(C2CCCCC2)CC1. The molecule has 7 nitrogen and oxygen atoms in total. The maximum atomic E-state index is 13.0. The number of amides is 1. The van der Waals surface area contributed by atoms with Gasteiger partial charge in [-0.2, -0.15) is 0 Å². The van der Waals surface area contributed by atoms with Gasteiger partial charge in [0.1, 0.15) is 12.2 Å². The van der Waals surface area contributed by atoms with Crippen LogP contribution in [0.25, 0.3) is 23.0 Å². The van der Waals surface area contributed by atoms with E-state index in [4.69, 9.17) is 4.42 Å². The number of benzene rings is 1. The first-order valence-corrected chi connectivity index (χ1v) is 11.3. The van der Waals surface area contributed by atoms with Crippen LogP contribution in [-0.4, -0.2) is 62.7 Å². The zero-order chi connectivity index (χ0) is 21.0. The topological polar surface area (TPSA) is 67.4 Å². The lowest BCUT2D eigenvalue weighted by Gasteiger charge is -2.40. The van der Waals surface area contributed by atoms with E-state index in [1.165, 1.54) is 32.1 Å². The standard InChI is InChI=1S/C24H29N5O2/c30-22(28-16-14-27(15-17-28)20-10-5-2-6-11-20)18-29-13-7-12-21(29)24-26-25-23(31-24)19-8-3-1-4-9-19/h1,3-4,7-9,12-13,20H,2,5-6,10-11,14-18H2. The van der Waals surface area contributed by atoms with Crippen molar-refractivity contribution in [3.63, 3.8) is 0 Å². The molecule has 0 unspecified atom stereocenters. The maximum absolute atomic E-state index is 13.0. The molecule has 1 aromatic carbocycles. The van der Waals surface area contributed by atoms with E-state index in [9.17, 15) is 4.79 Å². The summed E-state index contributed by atoms with van der Waals surface area (Å²) < 4.78 is 7.79. The lowest BCUT2D eigenvalue weighted by Crippen LogP contribution is -2.52. The molecule has 31 heavy (non-hydrogen) atoms. The predicted octanol–water partition coefficient (Wildman–Crippen LogP) is 3.68. The maximum Gasteiger partial charge on any atom is 0.264 e. The summed E-state index contributed by atoms with van der Waals surface area (Å²) in [4.78, 5) is 17.6. The summed E-state index contributed by atoms with van der Waals surface area (Å²) in [6, 6.07) is 14.3. The monoisotopic (exact) mass is 419 g/mol. The van der Waals surface area contributed by atoms with Crippen molar-refractivity contribution in [2.75, 3.05) is 26.2 Å². The van der Waals surface area contributed by atoms with Gasteiger partial charge in [0.25, 0.3) is 5.89 Å². The molecule has 1 saturated carbocycles. The molecule has 1 saturated heterocycles. The van der Waals surface area contributed by atoms with E-state index < -0.39 is 0 Å². The molecular formula is C24H29N5O2. The van der Waals surface area contributed by atoms with Crippen molar-refractivity contribution in [1.82, 2.24) is 24.6 Å². The van der Waals surface area contributed by atoms with Crippen LogP contribution in [0.3, 0.4) is 0 Å². The molecule has 3 aromatic rings. The molecule has 2 aliphatic rings. The van der Waals surface area contributed by atoms with Crippen molar-refractivity contribution in [2.45, 2.75) is 44.7 Å². The molecule has 3 heterocycles. The van der Waals surface area contributed by atoms with E-state index in [-0.39, 0.29) is 12.5 Å². The highest BCUT2D eigenvalue weighted by Crippen LogP contribution is 2.25. The van der Waals surface area contributed by atoms with Gasteiger partial charge in [0.05, 0.1) is 0 Å². The first-order chi connectivity index (χ1) is 15.3. The molecule has 0 spiro atoms. The van der Waals surface area contributed by atoms with Crippen LogP contribution in [0.5, 0.6) is 0 Å². The molecule has 7 heteroatoms. The summed E-state index contributed by atoms with van der Waals surface area (Å²) >= 11 is 0. The smallest absolute Gasteiger partial charge is 0.264 e. The van der Waals surface area contributed by atoms with Crippen LogP contribution >= 0.6 is 0 Å². The summed E-state index contributed by atoms with van der Waals surface area (Å²) in [5.41, 5.74) is 1.65. The quantitative estimate of drug-likeness (QED) is 0.631. The molecule has 0 bridgehead atoms. The lowest BCUT2D eigenvalue weighted by atomic mass is 9.94. The van der Waals surface area contributed by atoms with Crippen LogP contribution in [0.4, 0.5) is 0 Å². The Kier molecular flexibility index (Phi) is 5.84. The lowest BCUT2D eigenvalue weighted by molar-refractivity contribution is -0.134. The first kappa shape index (κ1) is 20.0. The molecule has 0 radical (unpaired) electrons. The number of carbonyl (C=O) groups is 1. The zero-order valence-corrected chi connectivity index (χ0v) is 17.8. The summed E-state index contributed by atoms with van der Waals surface area (Å²) in [6.07, 6.45) is 8.61. The van der Waals surface area contributed by atoms with Crippen molar-refractivity contribution in [3.8, 4) is 23.0 Å². The summed E-state index contributed by atoms with van der Waals surface area (Å²) in [6.45, 7) is 3.88. The normalized spacial score (nSPS) is 18.4. The van der Waals surface area contributed by atoms with Crippen LogP contribution in [0.1, 0.15) is 32.1 Å². The van der Waals surface area contributed by atoms with Crippen LogP contribution < -0.4 is 0 Å². The highest BCUT2D eigenvalue weighted by atomic mass is 16.4. The molecule has 1 aliphatic carbocycles. The largest absolute Gasteiger partial charge is 0.415 e. The van der Waals surface area contributed by atoms with E-state index in [1.807, 2.05) is 58.1 Å². The van der Waals surface area contributed by atoms with Gasteiger partial charge in [0.15, 0.2) is 0 Å². The molecule has 0 atom stereocenters. The minimum Gasteiger partial charge on any atom is -0.415 e. The van der Waals surface area contributed by atoms with Crippen molar-refractivity contribution in [3.05, 3.63) is 48.7 Å². The van der Waals surface area contributed by atoms with Gasteiger partial charge in [0, 0.05) is 44.0 Å². The fourth-order valence-electron chi connectivity index (χ4n) is 4.80. The van der Waals surface area contributed by atoms with Gasteiger partial charge in [-0.05, 0) is 37.1 Å². The van der Waals surface area contributed by atoms with Crippen LogP contribution in [-0.2, 0) is 11.3 Å². The van der Waals surface area contributed by atoms with E-state index >= 15 is 0 Å². The number of aromatic nitrogens is 3. The molecule has 2 fully saturated rings. The second kappa shape index (κ2) is 9.06. The van der Waals surface area contributed by atoms with Crippen LogP contribution in [0, 0.1) is 0 Å². The Hall–Kier alpha value is -2.93. The van der Waals surface area contributed by atoms with Gasteiger partial charge in [-0.3, -0.25) is 9.69 Å². The third-order valence-corrected chi connectivity index (χ3v) is 6.56. The number of hydrogen-bond donors (Lipinski definition) is 0. The van der Waals surface area contributed by atoms with Crippen molar-refractivity contribution in [1.29, 1.82) is 0 Å².